The van der Waals surface area contributed by atoms with Gasteiger partial charge in [0.1, 0.15) is 18.0 Å². The molecule has 0 aromatic carbocycles. The molecule has 1 aromatic heterocycles. The molecule has 0 bridgehead atoms. The molecule has 3 rings (SSSR count). The van der Waals surface area contributed by atoms with Gasteiger partial charge in [-0.05, 0) is 38.0 Å². The van der Waals surface area contributed by atoms with Crippen molar-refractivity contribution in [1.29, 1.82) is 0 Å². The molecule has 5 heteroatoms. The fraction of sp³-hybridized carbons (Fsp3) is 0.733. The number of nitrogens with zero attached hydrogens (tertiary/aromatic N) is 3. The largest absolute Gasteiger partial charge is 0.396 e. The highest BCUT2D eigenvalue weighted by Gasteiger charge is 2.27. The van der Waals surface area contributed by atoms with Crippen LogP contribution in [-0.2, 0) is 0 Å². The Kier molecular flexibility index (Phi) is 4.35. The Hall–Kier alpha value is -1.36. The topological polar surface area (TPSA) is 61.3 Å². The van der Waals surface area contributed by atoms with Crippen molar-refractivity contribution in [3.05, 3.63) is 12.4 Å². The molecule has 1 aliphatic heterocycles. The monoisotopic (exact) mass is 276 g/mol. The van der Waals surface area contributed by atoms with E-state index in [1.165, 1.54) is 32.1 Å². The van der Waals surface area contributed by atoms with Crippen LogP contribution in [0.4, 0.5) is 11.6 Å². The summed E-state index contributed by atoms with van der Waals surface area (Å²) < 4.78 is 0. The third kappa shape index (κ3) is 3.03. The minimum atomic E-state index is 0.283. The lowest BCUT2D eigenvalue weighted by molar-refractivity contribution is 0.254. The van der Waals surface area contributed by atoms with Gasteiger partial charge in [0, 0.05) is 31.8 Å². The molecule has 1 saturated carbocycles. The van der Waals surface area contributed by atoms with Crippen LogP contribution in [0.1, 0.15) is 38.5 Å². The van der Waals surface area contributed by atoms with Crippen LogP contribution in [-0.4, -0.2) is 40.8 Å². The standard InChI is InChI=1S/C15H24N4O/c20-9-6-12-4-3-5-13(12)18-14-10-15(17-11-16-14)19-7-1-2-8-19/h10-13,20H,1-9H2,(H,16,17,18)/t12-,13+/m1/s1. The summed E-state index contributed by atoms with van der Waals surface area (Å²) in [5.41, 5.74) is 0. The first-order chi connectivity index (χ1) is 9.86. The van der Waals surface area contributed by atoms with E-state index >= 15 is 0 Å². The van der Waals surface area contributed by atoms with Crippen LogP contribution >= 0.6 is 0 Å². The van der Waals surface area contributed by atoms with Crippen LogP contribution in [0.15, 0.2) is 12.4 Å². The maximum atomic E-state index is 9.14. The van der Waals surface area contributed by atoms with E-state index < -0.39 is 0 Å². The summed E-state index contributed by atoms with van der Waals surface area (Å²) in [5, 5.41) is 12.7. The number of hydrogen-bond donors (Lipinski definition) is 2. The lowest BCUT2D eigenvalue weighted by atomic mass is 10.00. The Labute approximate surface area is 120 Å². The number of aromatic nitrogens is 2. The number of nitrogens with one attached hydrogen (secondary N) is 1. The molecule has 110 valence electrons. The minimum Gasteiger partial charge on any atom is -0.396 e. The average Bonchev–Trinajstić information content (AvgIpc) is 3.12. The van der Waals surface area contributed by atoms with Gasteiger partial charge in [-0.2, -0.15) is 0 Å². The van der Waals surface area contributed by atoms with Gasteiger partial charge in [0.25, 0.3) is 0 Å². The van der Waals surface area contributed by atoms with Gasteiger partial charge >= 0.3 is 0 Å². The highest BCUT2D eigenvalue weighted by Crippen LogP contribution is 2.31. The Bertz CT molecular complexity index is 434. The molecule has 0 amide bonds. The van der Waals surface area contributed by atoms with Crippen molar-refractivity contribution in [2.24, 2.45) is 5.92 Å². The summed E-state index contributed by atoms with van der Waals surface area (Å²) in [4.78, 5) is 11.1. The molecule has 5 nitrogen and oxygen atoms in total. The van der Waals surface area contributed by atoms with Gasteiger partial charge in [0.05, 0.1) is 0 Å². The lowest BCUT2D eigenvalue weighted by Crippen LogP contribution is -2.26. The van der Waals surface area contributed by atoms with E-state index in [2.05, 4.69) is 26.3 Å². The minimum absolute atomic E-state index is 0.283. The van der Waals surface area contributed by atoms with Crippen LogP contribution in [0, 0.1) is 5.92 Å². The molecule has 0 unspecified atom stereocenters. The summed E-state index contributed by atoms with van der Waals surface area (Å²) in [6.07, 6.45) is 8.69. The smallest absolute Gasteiger partial charge is 0.134 e. The molecular formula is C15H24N4O. The fourth-order valence-corrected chi connectivity index (χ4v) is 3.47. The van der Waals surface area contributed by atoms with E-state index in [1.54, 1.807) is 6.33 Å². The zero-order chi connectivity index (χ0) is 13.8. The number of aliphatic hydroxyl groups excluding tert-OH is 1. The van der Waals surface area contributed by atoms with E-state index in [1.807, 2.05) is 0 Å². The maximum Gasteiger partial charge on any atom is 0.134 e. The van der Waals surface area contributed by atoms with Crippen molar-refractivity contribution < 1.29 is 5.11 Å². The molecule has 1 saturated heterocycles. The zero-order valence-electron chi connectivity index (χ0n) is 12.0. The molecule has 0 spiro atoms. The second kappa shape index (κ2) is 6.39. The number of aliphatic hydroxyl groups is 1. The lowest BCUT2D eigenvalue weighted by Gasteiger charge is -2.22. The van der Waals surface area contributed by atoms with E-state index in [9.17, 15) is 0 Å². The highest BCUT2D eigenvalue weighted by atomic mass is 16.3. The summed E-state index contributed by atoms with van der Waals surface area (Å²) >= 11 is 0. The third-order valence-electron chi connectivity index (χ3n) is 4.57. The summed E-state index contributed by atoms with van der Waals surface area (Å²) in [7, 11) is 0. The van der Waals surface area contributed by atoms with Crippen LogP contribution in [0.3, 0.4) is 0 Å². The molecule has 2 heterocycles. The molecule has 1 aromatic rings. The summed E-state index contributed by atoms with van der Waals surface area (Å²) in [6.45, 7) is 2.49. The Balaban J connectivity index is 1.66. The van der Waals surface area contributed by atoms with Crippen LogP contribution in [0.2, 0.25) is 0 Å². The van der Waals surface area contributed by atoms with Gasteiger partial charge in [-0.15, -0.1) is 0 Å². The van der Waals surface area contributed by atoms with Gasteiger partial charge in [-0.1, -0.05) is 6.42 Å². The van der Waals surface area contributed by atoms with Gasteiger partial charge in [-0.25, -0.2) is 9.97 Å². The predicted molar refractivity (Wildman–Crippen MR) is 79.9 cm³/mol. The summed E-state index contributed by atoms with van der Waals surface area (Å²) in [5.74, 6) is 2.54. The number of rotatable bonds is 5. The van der Waals surface area contributed by atoms with Crippen molar-refractivity contribution in [2.45, 2.75) is 44.6 Å². The predicted octanol–water partition coefficient (Wildman–Crippen LogP) is 2.04. The molecule has 2 aliphatic rings. The average molecular weight is 276 g/mol. The second-order valence-corrected chi connectivity index (χ2v) is 5.91. The van der Waals surface area contributed by atoms with Crippen LogP contribution in [0.5, 0.6) is 0 Å². The molecule has 2 fully saturated rings. The van der Waals surface area contributed by atoms with E-state index in [4.69, 9.17) is 5.11 Å². The Morgan fingerprint density at radius 2 is 2.05 bits per heavy atom. The molecule has 1 aliphatic carbocycles. The van der Waals surface area contributed by atoms with Crippen molar-refractivity contribution in [1.82, 2.24) is 9.97 Å². The first-order valence-corrected chi connectivity index (χ1v) is 7.81. The fourth-order valence-electron chi connectivity index (χ4n) is 3.47. The maximum absolute atomic E-state index is 9.14. The van der Waals surface area contributed by atoms with Gasteiger partial charge < -0.3 is 15.3 Å². The first-order valence-electron chi connectivity index (χ1n) is 7.81. The van der Waals surface area contributed by atoms with E-state index in [-0.39, 0.29) is 6.61 Å². The normalized spacial score (nSPS) is 26.1. The van der Waals surface area contributed by atoms with Gasteiger partial charge in [-0.3, -0.25) is 0 Å². The van der Waals surface area contributed by atoms with Crippen molar-refractivity contribution in [3.63, 3.8) is 0 Å². The Morgan fingerprint density at radius 3 is 2.85 bits per heavy atom. The third-order valence-corrected chi connectivity index (χ3v) is 4.57. The first kappa shape index (κ1) is 13.6. The van der Waals surface area contributed by atoms with E-state index in [0.29, 0.717) is 12.0 Å². The van der Waals surface area contributed by atoms with Crippen LogP contribution < -0.4 is 10.2 Å². The molecule has 20 heavy (non-hydrogen) atoms. The number of anilines is 2. The molecule has 2 atom stereocenters. The van der Waals surface area contributed by atoms with Crippen molar-refractivity contribution in [2.75, 3.05) is 29.9 Å². The highest BCUT2D eigenvalue weighted by molar-refractivity contribution is 5.49. The van der Waals surface area contributed by atoms with E-state index in [0.717, 1.165) is 31.1 Å². The van der Waals surface area contributed by atoms with Crippen molar-refractivity contribution >= 4 is 11.6 Å². The number of hydrogen-bond acceptors (Lipinski definition) is 5. The Morgan fingerprint density at radius 1 is 1.20 bits per heavy atom. The zero-order valence-corrected chi connectivity index (χ0v) is 12.0. The van der Waals surface area contributed by atoms with Crippen LogP contribution in [0.25, 0.3) is 0 Å². The summed E-state index contributed by atoms with van der Waals surface area (Å²) in [6, 6.07) is 2.52. The molecule has 2 N–H and O–H groups in total. The molecule has 0 radical (unpaired) electrons. The van der Waals surface area contributed by atoms with Crippen molar-refractivity contribution in [3.8, 4) is 0 Å². The van der Waals surface area contributed by atoms with Gasteiger partial charge in [0.15, 0.2) is 0 Å². The van der Waals surface area contributed by atoms with Gasteiger partial charge in [0.2, 0.25) is 0 Å². The SMILES string of the molecule is OCC[C@H]1CCC[C@@H]1Nc1cc(N2CCCC2)ncn1. The molecular weight excluding hydrogens is 252 g/mol. The second-order valence-electron chi connectivity index (χ2n) is 5.91. The quantitative estimate of drug-likeness (QED) is 0.862.